The van der Waals surface area contributed by atoms with Gasteiger partial charge in [-0.3, -0.25) is 29.6 Å². The molecule has 2 aromatic rings. The fourth-order valence-electron chi connectivity index (χ4n) is 3.42. The van der Waals surface area contributed by atoms with E-state index < -0.39 is 36.2 Å². The number of nitrogens with zero attached hydrogens (tertiary/aromatic N) is 1. The lowest BCUT2D eigenvalue weighted by atomic mass is 10.1. The van der Waals surface area contributed by atoms with Gasteiger partial charge in [0.25, 0.3) is 11.8 Å². The maximum Gasteiger partial charge on any atom is 0.311 e. The quantitative estimate of drug-likeness (QED) is 0.591. The lowest BCUT2D eigenvalue weighted by Crippen LogP contribution is -2.43. The standard InChI is InChI=1S/C23H24BrN3O5/c1-13-5-4-6-16(7-13)22(30)26-27-11-17(10-20(27)29)23(31)32-12-19(28)25-18-8-14(2)21(24)15(3)9-18/h4-9,17H,10-12H2,1-3H3,(H,25,28)(H,26,30)/t17-/m1/s1. The highest BCUT2D eigenvalue weighted by Crippen LogP contribution is 2.25. The molecule has 2 N–H and O–H groups in total. The summed E-state index contributed by atoms with van der Waals surface area (Å²) in [4.78, 5) is 49.1. The van der Waals surface area contributed by atoms with Gasteiger partial charge in [-0.15, -0.1) is 0 Å². The molecule has 1 fully saturated rings. The zero-order valence-electron chi connectivity index (χ0n) is 18.0. The molecule has 1 aliphatic rings. The van der Waals surface area contributed by atoms with Gasteiger partial charge in [0.2, 0.25) is 5.91 Å². The monoisotopic (exact) mass is 501 g/mol. The summed E-state index contributed by atoms with van der Waals surface area (Å²) in [5.74, 6) is -2.73. The van der Waals surface area contributed by atoms with Crippen molar-refractivity contribution in [2.75, 3.05) is 18.5 Å². The first-order valence-electron chi connectivity index (χ1n) is 10.1. The number of benzene rings is 2. The van der Waals surface area contributed by atoms with Crippen molar-refractivity contribution in [1.29, 1.82) is 0 Å². The molecule has 3 amide bonds. The van der Waals surface area contributed by atoms with Crippen LogP contribution in [-0.4, -0.2) is 41.9 Å². The number of hydrazine groups is 1. The molecule has 0 unspecified atom stereocenters. The second-order valence-corrected chi connectivity index (χ2v) is 8.59. The van der Waals surface area contributed by atoms with Crippen LogP contribution in [0, 0.1) is 26.7 Å². The average molecular weight is 502 g/mol. The lowest BCUT2D eigenvalue weighted by Gasteiger charge is -2.17. The average Bonchev–Trinajstić information content (AvgIpc) is 3.10. The predicted octanol–water partition coefficient (Wildman–Crippen LogP) is 3.05. The van der Waals surface area contributed by atoms with E-state index in [9.17, 15) is 19.2 Å². The number of nitrogens with one attached hydrogen (secondary N) is 2. The molecular weight excluding hydrogens is 478 g/mol. The number of anilines is 1. The summed E-state index contributed by atoms with van der Waals surface area (Å²) in [7, 11) is 0. The Labute approximate surface area is 194 Å². The van der Waals surface area contributed by atoms with Crippen LogP contribution in [0.5, 0.6) is 0 Å². The van der Waals surface area contributed by atoms with Gasteiger partial charge in [0, 0.05) is 22.1 Å². The molecule has 0 bridgehead atoms. The maximum atomic E-state index is 12.4. The molecule has 9 heteroatoms. The van der Waals surface area contributed by atoms with Crippen LogP contribution in [0.3, 0.4) is 0 Å². The Hall–Kier alpha value is -3.20. The number of carbonyl (C=O) groups excluding carboxylic acids is 4. The highest BCUT2D eigenvalue weighted by Gasteiger charge is 2.36. The molecule has 0 aliphatic carbocycles. The summed E-state index contributed by atoms with van der Waals surface area (Å²) < 4.78 is 6.06. The summed E-state index contributed by atoms with van der Waals surface area (Å²) in [5, 5.41) is 3.81. The van der Waals surface area contributed by atoms with E-state index in [1.807, 2.05) is 26.8 Å². The van der Waals surface area contributed by atoms with E-state index in [0.29, 0.717) is 11.3 Å². The van der Waals surface area contributed by atoms with Gasteiger partial charge in [-0.25, -0.2) is 0 Å². The van der Waals surface area contributed by atoms with Crippen LogP contribution < -0.4 is 10.7 Å². The van der Waals surface area contributed by atoms with Crippen molar-refractivity contribution in [3.63, 3.8) is 0 Å². The van der Waals surface area contributed by atoms with Crippen molar-refractivity contribution in [2.45, 2.75) is 27.2 Å². The minimum absolute atomic E-state index is 0.0120. The fourth-order valence-corrected chi connectivity index (χ4v) is 3.65. The van der Waals surface area contributed by atoms with Crippen LogP contribution >= 0.6 is 15.9 Å². The Morgan fingerprint density at radius 2 is 1.81 bits per heavy atom. The Balaban J connectivity index is 1.50. The van der Waals surface area contributed by atoms with E-state index in [4.69, 9.17) is 4.74 Å². The number of carbonyl (C=O) groups is 4. The largest absolute Gasteiger partial charge is 0.455 e. The SMILES string of the molecule is Cc1cccc(C(=O)NN2C[C@H](C(=O)OCC(=O)Nc3cc(C)c(Br)c(C)c3)CC2=O)c1. The Bertz CT molecular complexity index is 1060. The Kier molecular flexibility index (Phi) is 7.29. The molecule has 168 valence electrons. The molecule has 8 nitrogen and oxygen atoms in total. The van der Waals surface area contributed by atoms with Gasteiger partial charge in [0.05, 0.1) is 12.5 Å². The van der Waals surface area contributed by atoms with Crippen molar-refractivity contribution >= 4 is 45.3 Å². The molecule has 0 radical (unpaired) electrons. The molecule has 3 rings (SSSR count). The van der Waals surface area contributed by atoms with Crippen LogP contribution in [0.15, 0.2) is 40.9 Å². The first-order valence-corrected chi connectivity index (χ1v) is 10.8. The molecule has 2 aromatic carbocycles. The minimum Gasteiger partial charge on any atom is -0.455 e. The van der Waals surface area contributed by atoms with Crippen LogP contribution in [0.2, 0.25) is 0 Å². The van der Waals surface area contributed by atoms with Crippen LogP contribution in [-0.2, 0) is 19.1 Å². The third-order valence-electron chi connectivity index (χ3n) is 5.04. The van der Waals surface area contributed by atoms with E-state index >= 15 is 0 Å². The minimum atomic E-state index is -0.759. The second kappa shape index (κ2) is 9.95. The fraction of sp³-hybridized carbons (Fsp3) is 0.304. The molecule has 1 heterocycles. The number of amides is 3. The van der Waals surface area contributed by atoms with Crippen molar-refractivity contribution in [2.24, 2.45) is 5.92 Å². The zero-order chi connectivity index (χ0) is 23.4. The van der Waals surface area contributed by atoms with E-state index in [2.05, 4.69) is 26.7 Å². The summed E-state index contributed by atoms with van der Waals surface area (Å²) >= 11 is 3.47. The van der Waals surface area contributed by atoms with E-state index in [0.717, 1.165) is 26.2 Å². The van der Waals surface area contributed by atoms with Gasteiger partial charge >= 0.3 is 5.97 Å². The van der Waals surface area contributed by atoms with Crippen LogP contribution in [0.25, 0.3) is 0 Å². The first kappa shape index (κ1) is 23.5. The van der Waals surface area contributed by atoms with E-state index in [-0.39, 0.29) is 13.0 Å². The summed E-state index contributed by atoms with van der Waals surface area (Å²) in [5.41, 5.74) is 6.39. The van der Waals surface area contributed by atoms with Gasteiger partial charge in [0.1, 0.15) is 0 Å². The van der Waals surface area contributed by atoms with Gasteiger partial charge < -0.3 is 10.1 Å². The highest BCUT2D eigenvalue weighted by molar-refractivity contribution is 9.10. The van der Waals surface area contributed by atoms with E-state index in [1.165, 1.54) is 0 Å². The van der Waals surface area contributed by atoms with Crippen LogP contribution in [0.1, 0.15) is 33.5 Å². The van der Waals surface area contributed by atoms with Gasteiger partial charge in [0.15, 0.2) is 6.61 Å². The van der Waals surface area contributed by atoms with E-state index in [1.54, 1.807) is 30.3 Å². The number of rotatable bonds is 6. The number of esters is 1. The molecule has 1 atom stereocenters. The van der Waals surface area contributed by atoms with Gasteiger partial charge in [-0.2, -0.15) is 0 Å². The zero-order valence-corrected chi connectivity index (χ0v) is 19.6. The summed E-state index contributed by atoms with van der Waals surface area (Å²) in [6.07, 6.45) is -0.0976. The maximum absolute atomic E-state index is 12.4. The molecule has 0 saturated carbocycles. The third-order valence-corrected chi connectivity index (χ3v) is 6.29. The van der Waals surface area contributed by atoms with Crippen molar-refractivity contribution in [3.8, 4) is 0 Å². The van der Waals surface area contributed by atoms with Crippen molar-refractivity contribution < 1.29 is 23.9 Å². The Morgan fingerprint density at radius 1 is 1.12 bits per heavy atom. The second-order valence-electron chi connectivity index (χ2n) is 7.80. The molecular formula is C23H24BrN3O5. The van der Waals surface area contributed by atoms with Gasteiger partial charge in [-0.05, 0) is 56.2 Å². The summed E-state index contributed by atoms with van der Waals surface area (Å²) in [6.45, 7) is 5.20. The smallest absolute Gasteiger partial charge is 0.311 e. The molecule has 1 aliphatic heterocycles. The lowest BCUT2D eigenvalue weighted by molar-refractivity contribution is -0.151. The molecule has 32 heavy (non-hydrogen) atoms. The number of hydrogen-bond donors (Lipinski definition) is 2. The number of ether oxygens (including phenoxy) is 1. The first-order chi connectivity index (χ1) is 15.1. The predicted molar refractivity (Wildman–Crippen MR) is 122 cm³/mol. The molecule has 1 saturated heterocycles. The number of hydrogen-bond acceptors (Lipinski definition) is 5. The highest BCUT2D eigenvalue weighted by atomic mass is 79.9. The number of aryl methyl sites for hydroxylation is 3. The number of halogens is 1. The van der Waals surface area contributed by atoms with Crippen LogP contribution in [0.4, 0.5) is 5.69 Å². The molecule has 0 spiro atoms. The van der Waals surface area contributed by atoms with Crippen molar-refractivity contribution in [1.82, 2.24) is 10.4 Å². The third kappa shape index (κ3) is 5.73. The Morgan fingerprint density at radius 3 is 2.47 bits per heavy atom. The summed E-state index contributed by atoms with van der Waals surface area (Å²) in [6, 6.07) is 10.6. The normalized spacial score (nSPS) is 15.4. The van der Waals surface area contributed by atoms with Gasteiger partial charge in [-0.1, -0.05) is 33.6 Å². The topological polar surface area (TPSA) is 105 Å². The van der Waals surface area contributed by atoms with Crippen molar-refractivity contribution in [3.05, 3.63) is 63.1 Å². The molecule has 0 aromatic heterocycles.